The van der Waals surface area contributed by atoms with E-state index in [0.29, 0.717) is 34.7 Å². The molecule has 0 amide bonds. The highest BCUT2D eigenvalue weighted by molar-refractivity contribution is 5.31. The second-order valence-electron chi connectivity index (χ2n) is 8.93. The van der Waals surface area contributed by atoms with Crippen molar-refractivity contribution in [2.45, 2.75) is 66.7 Å². The van der Waals surface area contributed by atoms with Crippen molar-refractivity contribution >= 4 is 0 Å². The molecular weight excluding hydrogens is 244 g/mol. The fourth-order valence-corrected chi connectivity index (χ4v) is 6.24. The minimum Gasteiger partial charge on any atom is -0.396 e. The molecule has 0 aliphatic heterocycles. The maximum Gasteiger partial charge on any atom is 0.0496 e. The summed E-state index contributed by atoms with van der Waals surface area (Å²) in [5.74, 6) is 1.99. The Balaban J connectivity index is 2.10. The van der Waals surface area contributed by atoms with Gasteiger partial charge in [-0.1, -0.05) is 46.3 Å². The van der Waals surface area contributed by atoms with E-state index in [1.165, 1.54) is 25.7 Å². The van der Waals surface area contributed by atoms with E-state index in [1.807, 2.05) is 0 Å². The van der Waals surface area contributed by atoms with Gasteiger partial charge in [0.1, 0.15) is 0 Å². The molecule has 3 aliphatic rings. The van der Waals surface area contributed by atoms with Crippen molar-refractivity contribution < 1.29 is 5.11 Å². The first-order valence-corrected chi connectivity index (χ1v) is 8.61. The standard InChI is InChI=1S/C19H32O/c1-6-13(12-20)15-8-9-17(2,3)19-10-7-14(11-19)18(4,5)16(15)19/h8,13-14,16,20H,6-7,9-12H2,1-5H3/t13-,14+,16-,19+/m1/s1. The van der Waals surface area contributed by atoms with E-state index in [9.17, 15) is 5.11 Å². The van der Waals surface area contributed by atoms with Crippen LogP contribution in [0.15, 0.2) is 11.6 Å². The van der Waals surface area contributed by atoms with Gasteiger partial charge in [0.2, 0.25) is 0 Å². The second-order valence-corrected chi connectivity index (χ2v) is 8.93. The highest BCUT2D eigenvalue weighted by Crippen LogP contribution is 2.76. The molecule has 0 aromatic heterocycles. The van der Waals surface area contributed by atoms with Crippen LogP contribution in [0.2, 0.25) is 0 Å². The van der Waals surface area contributed by atoms with Crippen molar-refractivity contribution in [1.29, 1.82) is 0 Å². The van der Waals surface area contributed by atoms with Crippen LogP contribution in [0.3, 0.4) is 0 Å². The summed E-state index contributed by atoms with van der Waals surface area (Å²) < 4.78 is 0. The summed E-state index contributed by atoms with van der Waals surface area (Å²) in [6, 6.07) is 0. The summed E-state index contributed by atoms with van der Waals surface area (Å²) in [6.07, 6.45) is 9.07. The molecule has 0 radical (unpaired) electrons. The second kappa shape index (κ2) is 4.35. The molecule has 0 unspecified atom stereocenters. The quantitative estimate of drug-likeness (QED) is 0.734. The number of aliphatic hydroxyl groups excluding tert-OH is 1. The van der Waals surface area contributed by atoms with Gasteiger partial charge in [-0.3, -0.25) is 0 Å². The third-order valence-electron chi connectivity index (χ3n) is 7.61. The lowest BCUT2D eigenvalue weighted by Gasteiger charge is -2.56. The fourth-order valence-electron chi connectivity index (χ4n) is 6.24. The Morgan fingerprint density at radius 3 is 2.60 bits per heavy atom. The summed E-state index contributed by atoms with van der Waals surface area (Å²) in [5, 5.41) is 9.83. The number of rotatable bonds is 3. The number of allylic oxidation sites excluding steroid dienone is 1. The summed E-state index contributed by atoms with van der Waals surface area (Å²) in [7, 11) is 0. The van der Waals surface area contributed by atoms with Crippen molar-refractivity contribution in [1.82, 2.24) is 0 Å². The summed E-state index contributed by atoms with van der Waals surface area (Å²) >= 11 is 0. The van der Waals surface area contributed by atoms with E-state index < -0.39 is 0 Å². The van der Waals surface area contributed by atoms with Crippen LogP contribution in [0, 0.1) is 34.0 Å². The van der Waals surface area contributed by atoms with Gasteiger partial charge in [-0.05, 0) is 60.2 Å². The Bertz CT molecular complexity index is 427. The van der Waals surface area contributed by atoms with Crippen molar-refractivity contribution in [3.63, 3.8) is 0 Å². The first-order valence-electron chi connectivity index (χ1n) is 8.61. The normalized spacial score (nSPS) is 42.2. The van der Waals surface area contributed by atoms with Gasteiger partial charge in [-0.2, -0.15) is 0 Å². The smallest absolute Gasteiger partial charge is 0.0496 e. The molecule has 114 valence electrons. The van der Waals surface area contributed by atoms with Crippen LogP contribution in [0.25, 0.3) is 0 Å². The Morgan fingerprint density at radius 2 is 2.00 bits per heavy atom. The third kappa shape index (κ3) is 1.59. The number of hydrogen-bond donors (Lipinski definition) is 1. The summed E-state index contributed by atoms with van der Waals surface area (Å²) in [4.78, 5) is 0. The van der Waals surface area contributed by atoms with Crippen LogP contribution in [-0.2, 0) is 0 Å². The molecule has 0 saturated heterocycles. The lowest BCUT2D eigenvalue weighted by molar-refractivity contribution is -0.0230. The Hall–Kier alpha value is -0.300. The zero-order chi connectivity index (χ0) is 14.8. The highest BCUT2D eigenvalue weighted by Gasteiger charge is 2.68. The van der Waals surface area contributed by atoms with Gasteiger partial charge in [0.15, 0.2) is 0 Å². The maximum absolute atomic E-state index is 9.83. The monoisotopic (exact) mass is 276 g/mol. The van der Waals surface area contributed by atoms with Crippen LogP contribution in [0.5, 0.6) is 0 Å². The molecule has 1 heteroatoms. The molecule has 1 N–H and O–H groups in total. The molecule has 2 saturated carbocycles. The van der Waals surface area contributed by atoms with Crippen molar-refractivity contribution in [3.8, 4) is 0 Å². The fraction of sp³-hybridized carbons (Fsp3) is 0.895. The average molecular weight is 276 g/mol. The first kappa shape index (κ1) is 14.6. The maximum atomic E-state index is 9.83. The minimum atomic E-state index is 0.329. The molecule has 2 fully saturated rings. The number of aliphatic hydroxyl groups is 1. The lowest BCUT2D eigenvalue weighted by Crippen LogP contribution is -2.49. The van der Waals surface area contributed by atoms with Gasteiger partial charge < -0.3 is 5.11 Å². The van der Waals surface area contributed by atoms with Gasteiger partial charge in [-0.15, -0.1) is 0 Å². The van der Waals surface area contributed by atoms with E-state index in [1.54, 1.807) is 5.57 Å². The first-order chi connectivity index (χ1) is 9.30. The van der Waals surface area contributed by atoms with Gasteiger partial charge in [-0.25, -0.2) is 0 Å². The molecule has 1 nitrogen and oxygen atoms in total. The molecule has 3 rings (SSSR count). The van der Waals surface area contributed by atoms with Crippen LogP contribution < -0.4 is 0 Å². The van der Waals surface area contributed by atoms with Crippen molar-refractivity contribution in [3.05, 3.63) is 11.6 Å². The Morgan fingerprint density at radius 1 is 1.30 bits per heavy atom. The van der Waals surface area contributed by atoms with Crippen molar-refractivity contribution in [2.24, 2.45) is 34.0 Å². The van der Waals surface area contributed by atoms with E-state index in [-0.39, 0.29) is 0 Å². The molecule has 2 bridgehead atoms. The predicted octanol–water partition coefficient (Wildman–Crippen LogP) is 4.80. The predicted molar refractivity (Wildman–Crippen MR) is 84.4 cm³/mol. The van der Waals surface area contributed by atoms with E-state index >= 15 is 0 Å². The van der Waals surface area contributed by atoms with E-state index in [4.69, 9.17) is 0 Å². The van der Waals surface area contributed by atoms with Gasteiger partial charge >= 0.3 is 0 Å². The largest absolute Gasteiger partial charge is 0.396 e. The van der Waals surface area contributed by atoms with E-state index in [2.05, 4.69) is 40.7 Å². The molecule has 0 aromatic carbocycles. The van der Waals surface area contributed by atoms with Crippen LogP contribution >= 0.6 is 0 Å². The summed E-state index contributed by atoms with van der Waals surface area (Å²) in [5.41, 5.74) is 2.97. The molecule has 20 heavy (non-hydrogen) atoms. The molecule has 1 spiro atoms. The highest BCUT2D eigenvalue weighted by atomic mass is 16.3. The lowest BCUT2D eigenvalue weighted by atomic mass is 9.48. The molecule has 4 atom stereocenters. The topological polar surface area (TPSA) is 20.2 Å². The third-order valence-corrected chi connectivity index (χ3v) is 7.61. The number of fused-ring (bicyclic) bond motifs is 1. The molecule has 0 heterocycles. The van der Waals surface area contributed by atoms with Gasteiger partial charge in [0.25, 0.3) is 0 Å². The van der Waals surface area contributed by atoms with Crippen LogP contribution in [0.4, 0.5) is 0 Å². The van der Waals surface area contributed by atoms with Crippen molar-refractivity contribution in [2.75, 3.05) is 6.61 Å². The van der Waals surface area contributed by atoms with Crippen LogP contribution in [0.1, 0.15) is 66.7 Å². The number of hydrogen-bond acceptors (Lipinski definition) is 1. The molecule has 3 aliphatic carbocycles. The van der Waals surface area contributed by atoms with Gasteiger partial charge in [0.05, 0.1) is 0 Å². The zero-order valence-electron chi connectivity index (χ0n) is 14.0. The van der Waals surface area contributed by atoms with Gasteiger partial charge in [0, 0.05) is 12.5 Å². The Labute approximate surface area is 124 Å². The SMILES string of the molecule is CC[C@H](CO)C1=CCC(C)(C)[C@@]23CC[C@@H](C2)C(C)(C)[C@@H]13. The summed E-state index contributed by atoms with van der Waals surface area (Å²) in [6.45, 7) is 12.6. The minimum absolute atomic E-state index is 0.329. The molecule has 0 aromatic rings. The average Bonchev–Trinajstić information content (AvgIpc) is 2.90. The Kier molecular flexibility index (Phi) is 3.18. The zero-order valence-corrected chi connectivity index (χ0v) is 14.0. The van der Waals surface area contributed by atoms with Crippen LogP contribution in [-0.4, -0.2) is 11.7 Å². The van der Waals surface area contributed by atoms with E-state index in [0.717, 1.165) is 12.3 Å². The molecular formula is C19H32O.